The van der Waals surface area contributed by atoms with Gasteiger partial charge in [-0.3, -0.25) is 0 Å². The number of halogens is 2. The van der Waals surface area contributed by atoms with Gasteiger partial charge < -0.3 is 0 Å². The minimum Gasteiger partial charge on any atom is -0.227 e. The van der Waals surface area contributed by atoms with E-state index in [1.165, 1.54) is 18.0 Å². The Morgan fingerprint density at radius 1 is 1.70 bits per heavy atom. The highest BCUT2D eigenvalue weighted by atomic mass is 79.9. The molecule has 0 saturated heterocycles. The SMILES string of the molecule is CSc1c(Br)ccnc1F. The lowest BCUT2D eigenvalue weighted by Gasteiger charge is -1.98. The van der Waals surface area contributed by atoms with E-state index in [1.807, 2.05) is 6.26 Å². The van der Waals surface area contributed by atoms with Crippen molar-refractivity contribution in [1.29, 1.82) is 0 Å². The van der Waals surface area contributed by atoms with E-state index in [4.69, 9.17) is 0 Å². The third-order valence-corrected chi connectivity index (χ3v) is 2.74. The van der Waals surface area contributed by atoms with Gasteiger partial charge in [0, 0.05) is 10.7 Å². The Kier molecular flexibility index (Phi) is 2.68. The Morgan fingerprint density at radius 2 is 2.40 bits per heavy atom. The van der Waals surface area contributed by atoms with Crippen LogP contribution in [0.4, 0.5) is 4.39 Å². The first-order chi connectivity index (χ1) is 4.75. The van der Waals surface area contributed by atoms with Gasteiger partial charge in [-0.05, 0) is 28.3 Å². The van der Waals surface area contributed by atoms with Gasteiger partial charge in [-0.2, -0.15) is 4.39 Å². The molecule has 0 fully saturated rings. The zero-order chi connectivity index (χ0) is 7.56. The molecule has 1 rings (SSSR count). The summed E-state index contributed by atoms with van der Waals surface area (Å²) in [5, 5.41) is 0. The van der Waals surface area contributed by atoms with Crippen molar-refractivity contribution in [3.05, 3.63) is 22.7 Å². The van der Waals surface area contributed by atoms with Gasteiger partial charge in [-0.25, -0.2) is 4.98 Å². The van der Waals surface area contributed by atoms with E-state index in [9.17, 15) is 4.39 Å². The topological polar surface area (TPSA) is 12.9 Å². The van der Waals surface area contributed by atoms with Crippen molar-refractivity contribution in [2.45, 2.75) is 4.90 Å². The number of aromatic nitrogens is 1. The fourth-order valence-corrected chi connectivity index (χ4v) is 1.83. The molecule has 1 aromatic heterocycles. The smallest absolute Gasteiger partial charge is 0.227 e. The van der Waals surface area contributed by atoms with Crippen LogP contribution in [0.3, 0.4) is 0 Å². The van der Waals surface area contributed by atoms with Gasteiger partial charge in [-0.15, -0.1) is 11.8 Å². The molecule has 0 N–H and O–H groups in total. The fourth-order valence-electron chi connectivity index (χ4n) is 0.583. The number of hydrogen-bond acceptors (Lipinski definition) is 2. The molecule has 1 nitrogen and oxygen atoms in total. The highest BCUT2D eigenvalue weighted by molar-refractivity contribution is 9.10. The molecule has 0 atom stereocenters. The standard InChI is InChI=1S/C6H5BrFNS/c1-10-5-4(7)2-3-9-6(5)8/h2-3H,1H3. The fraction of sp³-hybridized carbons (Fsp3) is 0.167. The molecule has 0 spiro atoms. The molecule has 0 aliphatic heterocycles. The van der Waals surface area contributed by atoms with Gasteiger partial charge in [0.1, 0.15) is 0 Å². The number of thioether (sulfide) groups is 1. The Morgan fingerprint density at radius 3 is 2.80 bits per heavy atom. The molecule has 1 heterocycles. The molecule has 0 bridgehead atoms. The van der Waals surface area contributed by atoms with Crippen molar-refractivity contribution in [1.82, 2.24) is 4.98 Å². The summed E-state index contributed by atoms with van der Waals surface area (Å²) in [6, 6.07) is 1.72. The van der Waals surface area contributed by atoms with E-state index in [2.05, 4.69) is 20.9 Å². The van der Waals surface area contributed by atoms with Crippen LogP contribution in [0, 0.1) is 5.95 Å². The minimum absolute atomic E-state index is 0.415. The maximum absolute atomic E-state index is 12.7. The van der Waals surface area contributed by atoms with Gasteiger partial charge in [0.25, 0.3) is 0 Å². The molecule has 0 aromatic carbocycles. The quantitative estimate of drug-likeness (QED) is 0.535. The third-order valence-electron chi connectivity index (χ3n) is 1.02. The van der Waals surface area contributed by atoms with Crippen LogP contribution in [-0.4, -0.2) is 11.2 Å². The summed E-state index contributed by atoms with van der Waals surface area (Å²) in [5.74, 6) is -0.415. The van der Waals surface area contributed by atoms with E-state index in [0.717, 1.165) is 4.47 Å². The Hall–Kier alpha value is -0.0900. The van der Waals surface area contributed by atoms with E-state index in [-0.39, 0.29) is 0 Å². The Balaban J connectivity index is 3.17. The van der Waals surface area contributed by atoms with Crippen LogP contribution in [0.25, 0.3) is 0 Å². The Labute approximate surface area is 71.2 Å². The van der Waals surface area contributed by atoms with Crippen LogP contribution in [0.15, 0.2) is 21.6 Å². The monoisotopic (exact) mass is 221 g/mol. The van der Waals surface area contributed by atoms with Gasteiger partial charge >= 0.3 is 0 Å². The van der Waals surface area contributed by atoms with Crippen molar-refractivity contribution in [3.8, 4) is 0 Å². The number of pyridine rings is 1. The van der Waals surface area contributed by atoms with Crippen molar-refractivity contribution in [3.63, 3.8) is 0 Å². The minimum atomic E-state index is -0.415. The van der Waals surface area contributed by atoms with Crippen LogP contribution < -0.4 is 0 Å². The highest BCUT2D eigenvalue weighted by Gasteiger charge is 2.04. The van der Waals surface area contributed by atoms with Crippen LogP contribution >= 0.6 is 27.7 Å². The molecule has 0 unspecified atom stereocenters. The second-order valence-electron chi connectivity index (χ2n) is 1.62. The predicted molar refractivity (Wildman–Crippen MR) is 43.7 cm³/mol. The second-order valence-corrected chi connectivity index (χ2v) is 3.29. The molecule has 10 heavy (non-hydrogen) atoms. The molecule has 54 valence electrons. The lowest BCUT2D eigenvalue weighted by Crippen LogP contribution is -1.85. The zero-order valence-corrected chi connectivity index (χ0v) is 7.67. The predicted octanol–water partition coefficient (Wildman–Crippen LogP) is 2.71. The van der Waals surface area contributed by atoms with Crippen LogP contribution in [0.2, 0.25) is 0 Å². The largest absolute Gasteiger partial charge is 0.227 e. The average Bonchev–Trinajstić information content (AvgIpc) is 1.88. The summed E-state index contributed by atoms with van der Waals surface area (Å²) < 4.78 is 13.4. The number of hydrogen-bond donors (Lipinski definition) is 0. The summed E-state index contributed by atoms with van der Waals surface area (Å²) in [4.78, 5) is 4.05. The summed E-state index contributed by atoms with van der Waals surface area (Å²) >= 11 is 4.54. The summed E-state index contributed by atoms with van der Waals surface area (Å²) in [5.41, 5.74) is 0. The van der Waals surface area contributed by atoms with Crippen molar-refractivity contribution >= 4 is 27.7 Å². The summed E-state index contributed by atoms with van der Waals surface area (Å²) in [6.45, 7) is 0. The lowest BCUT2D eigenvalue weighted by atomic mass is 10.5. The molecule has 0 aliphatic carbocycles. The summed E-state index contributed by atoms with van der Waals surface area (Å²) in [7, 11) is 0. The molecule has 0 amide bonds. The molecule has 0 saturated carbocycles. The van der Waals surface area contributed by atoms with E-state index in [1.54, 1.807) is 6.07 Å². The van der Waals surface area contributed by atoms with Gasteiger partial charge in [-0.1, -0.05) is 0 Å². The van der Waals surface area contributed by atoms with Gasteiger partial charge in [0.05, 0.1) is 4.90 Å². The molecule has 1 aromatic rings. The maximum Gasteiger partial charge on any atom is 0.227 e. The first-order valence-corrected chi connectivity index (χ1v) is 4.61. The van der Waals surface area contributed by atoms with Crippen LogP contribution in [0.5, 0.6) is 0 Å². The highest BCUT2D eigenvalue weighted by Crippen LogP contribution is 2.26. The van der Waals surface area contributed by atoms with Crippen molar-refractivity contribution < 1.29 is 4.39 Å². The van der Waals surface area contributed by atoms with Crippen molar-refractivity contribution in [2.24, 2.45) is 0 Å². The zero-order valence-electron chi connectivity index (χ0n) is 5.27. The van der Waals surface area contributed by atoms with Gasteiger partial charge in [0.15, 0.2) is 0 Å². The van der Waals surface area contributed by atoms with E-state index < -0.39 is 5.95 Å². The number of rotatable bonds is 1. The molecule has 0 radical (unpaired) electrons. The Bertz CT molecular complexity index is 221. The van der Waals surface area contributed by atoms with E-state index >= 15 is 0 Å². The number of nitrogens with zero attached hydrogens (tertiary/aromatic N) is 1. The first-order valence-electron chi connectivity index (χ1n) is 2.59. The van der Waals surface area contributed by atoms with E-state index in [0.29, 0.717) is 4.90 Å². The first kappa shape index (κ1) is 8.01. The molecular weight excluding hydrogens is 217 g/mol. The average molecular weight is 222 g/mol. The van der Waals surface area contributed by atoms with Crippen LogP contribution in [0.1, 0.15) is 0 Å². The van der Waals surface area contributed by atoms with Gasteiger partial charge in [0.2, 0.25) is 5.95 Å². The van der Waals surface area contributed by atoms with Crippen molar-refractivity contribution in [2.75, 3.05) is 6.26 Å². The summed E-state index contributed by atoms with van der Waals surface area (Å²) in [6.07, 6.45) is 3.24. The molecular formula is C6H5BrFNS. The third kappa shape index (κ3) is 1.49. The maximum atomic E-state index is 12.7. The lowest BCUT2D eigenvalue weighted by molar-refractivity contribution is 0.555. The second kappa shape index (κ2) is 3.34. The molecule has 0 aliphatic rings. The van der Waals surface area contributed by atoms with Crippen LogP contribution in [-0.2, 0) is 0 Å². The molecule has 4 heteroatoms. The normalized spacial score (nSPS) is 9.90.